The molecule has 0 spiro atoms. The third-order valence-electron chi connectivity index (χ3n) is 4.31. The Morgan fingerprint density at radius 3 is 2.57 bits per heavy atom. The van der Waals surface area contributed by atoms with E-state index in [1.807, 2.05) is 0 Å². The zero-order valence-corrected chi connectivity index (χ0v) is 13.6. The van der Waals surface area contributed by atoms with Gasteiger partial charge < -0.3 is 14.4 Å². The van der Waals surface area contributed by atoms with Gasteiger partial charge >= 0.3 is 0 Å². The van der Waals surface area contributed by atoms with Crippen LogP contribution < -0.4 is 9.47 Å². The van der Waals surface area contributed by atoms with Crippen molar-refractivity contribution in [1.82, 2.24) is 4.90 Å². The van der Waals surface area contributed by atoms with Crippen molar-refractivity contribution in [2.75, 3.05) is 25.7 Å². The Morgan fingerprint density at radius 1 is 1.30 bits per heavy atom. The van der Waals surface area contributed by atoms with E-state index < -0.39 is 21.9 Å². The number of nitriles is 1. The summed E-state index contributed by atoms with van der Waals surface area (Å²) in [6, 6.07) is 3.95. The number of hydrogen-bond donors (Lipinski definition) is 0. The second-order valence-electron chi connectivity index (χ2n) is 5.59. The number of ether oxygens (including phenoxy) is 2. The van der Waals surface area contributed by atoms with Crippen LogP contribution in [0.4, 0.5) is 0 Å². The number of carbonyl (C=O) groups excluding carboxylic acids is 1. The van der Waals surface area contributed by atoms with Gasteiger partial charge in [-0.05, 0) is 12.5 Å². The Hall–Kier alpha value is -2.27. The summed E-state index contributed by atoms with van der Waals surface area (Å²) >= 11 is 0. The van der Waals surface area contributed by atoms with Crippen LogP contribution in [0.3, 0.4) is 0 Å². The summed E-state index contributed by atoms with van der Waals surface area (Å²) in [6.45, 7) is 0. The van der Waals surface area contributed by atoms with Gasteiger partial charge in [0.1, 0.15) is 17.5 Å². The minimum atomic E-state index is -3.16. The van der Waals surface area contributed by atoms with Gasteiger partial charge in [-0.2, -0.15) is 5.26 Å². The first-order valence-corrected chi connectivity index (χ1v) is 8.92. The highest BCUT2D eigenvalue weighted by Crippen LogP contribution is 2.44. The molecule has 0 saturated carbocycles. The molecule has 0 N–H and O–H groups in total. The molecule has 1 saturated heterocycles. The molecule has 122 valence electrons. The molecule has 0 aromatic heterocycles. The normalized spacial score (nSPS) is 25.1. The molecule has 0 aliphatic carbocycles. The first-order valence-electron chi connectivity index (χ1n) is 7.10. The van der Waals surface area contributed by atoms with Crippen LogP contribution in [0.25, 0.3) is 0 Å². The largest absolute Gasteiger partial charge is 0.497 e. The van der Waals surface area contributed by atoms with Gasteiger partial charge in [0.15, 0.2) is 9.84 Å². The van der Waals surface area contributed by atoms with E-state index in [1.165, 1.54) is 19.1 Å². The maximum atomic E-state index is 12.8. The Bertz CT molecular complexity index is 812. The summed E-state index contributed by atoms with van der Waals surface area (Å²) in [5.41, 5.74) is 0.808. The van der Waals surface area contributed by atoms with E-state index in [4.69, 9.17) is 9.47 Å². The van der Waals surface area contributed by atoms with Gasteiger partial charge in [0.05, 0.1) is 37.4 Å². The minimum Gasteiger partial charge on any atom is -0.497 e. The quantitative estimate of drug-likeness (QED) is 0.814. The molecule has 2 atom stereocenters. The number of amides is 1. The maximum Gasteiger partial charge on any atom is 0.256 e. The SMILES string of the molecule is COc1cc(OC)c2c(c1)C(=O)N(C1CCS(=O)(=O)C1)C2C#N. The van der Waals surface area contributed by atoms with E-state index in [0.717, 1.165) is 0 Å². The molecule has 1 amide bonds. The van der Waals surface area contributed by atoms with Crippen molar-refractivity contribution in [1.29, 1.82) is 5.26 Å². The fourth-order valence-corrected chi connectivity index (χ4v) is 4.95. The summed E-state index contributed by atoms with van der Waals surface area (Å²) in [7, 11) is -0.232. The van der Waals surface area contributed by atoms with Gasteiger partial charge in [-0.3, -0.25) is 4.79 Å². The van der Waals surface area contributed by atoms with Crippen molar-refractivity contribution < 1.29 is 22.7 Å². The number of rotatable bonds is 3. The molecular formula is C15H16N2O5S. The number of benzene rings is 1. The van der Waals surface area contributed by atoms with Crippen molar-refractivity contribution in [3.63, 3.8) is 0 Å². The van der Waals surface area contributed by atoms with Gasteiger partial charge in [0.25, 0.3) is 5.91 Å². The average Bonchev–Trinajstić information content (AvgIpc) is 3.03. The van der Waals surface area contributed by atoms with Crippen molar-refractivity contribution in [2.24, 2.45) is 0 Å². The van der Waals surface area contributed by atoms with E-state index in [0.29, 0.717) is 29.0 Å². The maximum absolute atomic E-state index is 12.8. The van der Waals surface area contributed by atoms with Gasteiger partial charge in [-0.25, -0.2) is 8.42 Å². The third-order valence-corrected chi connectivity index (χ3v) is 6.06. The zero-order valence-electron chi connectivity index (χ0n) is 12.8. The van der Waals surface area contributed by atoms with Crippen molar-refractivity contribution in [3.8, 4) is 17.6 Å². The summed E-state index contributed by atoms with van der Waals surface area (Å²) < 4.78 is 33.9. The molecule has 2 aliphatic heterocycles. The number of hydrogen-bond acceptors (Lipinski definition) is 6. The van der Waals surface area contributed by atoms with Crippen LogP contribution in [0.5, 0.6) is 11.5 Å². The Balaban J connectivity index is 2.09. The highest BCUT2D eigenvalue weighted by molar-refractivity contribution is 7.91. The molecule has 0 radical (unpaired) electrons. The molecule has 2 heterocycles. The van der Waals surface area contributed by atoms with Crippen LogP contribution in [0.1, 0.15) is 28.4 Å². The number of sulfone groups is 1. The Kier molecular flexibility index (Phi) is 3.68. The molecule has 7 nitrogen and oxygen atoms in total. The molecule has 1 aromatic rings. The molecule has 3 rings (SSSR count). The smallest absolute Gasteiger partial charge is 0.256 e. The molecule has 23 heavy (non-hydrogen) atoms. The number of carbonyl (C=O) groups is 1. The van der Waals surface area contributed by atoms with E-state index in [1.54, 1.807) is 12.1 Å². The predicted molar refractivity (Wildman–Crippen MR) is 81.1 cm³/mol. The molecule has 1 fully saturated rings. The van der Waals surface area contributed by atoms with Gasteiger partial charge in [0.2, 0.25) is 0 Å². The van der Waals surface area contributed by atoms with Crippen LogP contribution >= 0.6 is 0 Å². The lowest BCUT2D eigenvalue weighted by Crippen LogP contribution is -2.38. The van der Waals surface area contributed by atoms with E-state index in [-0.39, 0.29) is 17.4 Å². The highest BCUT2D eigenvalue weighted by Gasteiger charge is 2.46. The van der Waals surface area contributed by atoms with Crippen molar-refractivity contribution in [3.05, 3.63) is 23.3 Å². The van der Waals surface area contributed by atoms with Crippen molar-refractivity contribution in [2.45, 2.75) is 18.5 Å². The summed E-state index contributed by atoms with van der Waals surface area (Å²) in [5.74, 6) is 0.417. The summed E-state index contributed by atoms with van der Waals surface area (Å²) in [5, 5.41) is 9.56. The lowest BCUT2D eigenvalue weighted by molar-refractivity contribution is 0.0693. The number of fused-ring (bicyclic) bond motifs is 1. The predicted octanol–water partition coefficient (Wildman–Crippen LogP) is 0.911. The lowest BCUT2D eigenvalue weighted by Gasteiger charge is -2.26. The molecular weight excluding hydrogens is 320 g/mol. The topological polar surface area (TPSA) is 96.7 Å². The fraction of sp³-hybridized carbons (Fsp3) is 0.467. The third kappa shape index (κ3) is 2.41. The Morgan fingerprint density at radius 2 is 2.04 bits per heavy atom. The standard InChI is InChI=1S/C15H16N2O5S/c1-21-10-5-11-14(13(6-10)22-2)12(7-16)17(15(11)18)9-3-4-23(19,20)8-9/h5-6,9,12H,3-4,8H2,1-2H3. The first kappa shape index (κ1) is 15.6. The van der Waals surface area contributed by atoms with Crippen LogP contribution in [0.2, 0.25) is 0 Å². The molecule has 8 heteroatoms. The lowest BCUT2D eigenvalue weighted by atomic mass is 10.0. The monoisotopic (exact) mass is 336 g/mol. The zero-order chi connectivity index (χ0) is 16.8. The highest BCUT2D eigenvalue weighted by atomic mass is 32.2. The van der Waals surface area contributed by atoms with E-state index in [9.17, 15) is 18.5 Å². The van der Waals surface area contributed by atoms with Crippen LogP contribution in [-0.2, 0) is 9.84 Å². The molecule has 2 unspecified atom stereocenters. The minimum absolute atomic E-state index is 0.0381. The fourth-order valence-electron chi connectivity index (χ4n) is 3.24. The second kappa shape index (κ2) is 5.42. The van der Waals surface area contributed by atoms with Gasteiger partial charge in [-0.15, -0.1) is 0 Å². The van der Waals surface area contributed by atoms with Crippen LogP contribution in [0.15, 0.2) is 12.1 Å². The van der Waals surface area contributed by atoms with Crippen LogP contribution in [-0.4, -0.2) is 51.0 Å². The molecule has 2 aliphatic rings. The second-order valence-corrected chi connectivity index (χ2v) is 7.82. The molecule has 0 bridgehead atoms. The average molecular weight is 336 g/mol. The van der Waals surface area contributed by atoms with Crippen LogP contribution in [0, 0.1) is 11.3 Å². The van der Waals surface area contributed by atoms with E-state index >= 15 is 0 Å². The summed E-state index contributed by atoms with van der Waals surface area (Å²) in [6.07, 6.45) is 0.347. The first-order chi connectivity index (χ1) is 10.9. The molecule has 1 aromatic carbocycles. The number of nitrogens with zero attached hydrogens (tertiary/aromatic N) is 2. The van der Waals surface area contributed by atoms with Gasteiger partial charge in [0, 0.05) is 17.7 Å². The van der Waals surface area contributed by atoms with Crippen molar-refractivity contribution >= 4 is 15.7 Å². The van der Waals surface area contributed by atoms with E-state index in [2.05, 4.69) is 6.07 Å². The summed E-state index contributed by atoms with van der Waals surface area (Å²) in [4.78, 5) is 14.1. The van der Waals surface area contributed by atoms with Gasteiger partial charge in [-0.1, -0.05) is 0 Å². The Labute approximate surface area is 134 Å². The number of methoxy groups -OCH3 is 2.